The van der Waals surface area contributed by atoms with Crippen LogP contribution in [-0.2, 0) is 9.59 Å². The second kappa shape index (κ2) is 7.17. The topological polar surface area (TPSA) is 70.1 Å². The van der Waals surface area contributed by atoms with Crippen molar-refractivity contribution in [1.29, 1.82) is 0 Å². The minimum absolute atomic E-state index is 0.0992. The van der Waals surface area contributed by atoms with E-state index in [1.54, 1.807) is 18.9 Å². The standard InChI is InChI=1S/C17H22N2O4/c1-12(13(2)17(21)22)16(20)19-10-8-18(9-11-19)14-6-4-5-7-15(14)23-3/h4-7H,8-11H2,1-3H3,(H,21,22)/b13-12-. The molecular formula is C17H22N2O4. The molecule has 1 aliphatic heterocycles. The Bertz CT molecular complexity index is 631. The lowest BCUT2D eigenvalue weighted by atomic mass is 10.1. The Labute approximate surface area is 136 Å². The predicted octanol–water partition coefficient (Wildman–Crippen LogP) is 1.76. The Kier molecular flexibility index (Phi) is 5.26. The van der Waals surface area contributed by atoms with Crippen molar-refractivity contribution in [1.82, 2.24) is 4.90 Å². The molecule has 1 saturated heterocycles. The fourth-order valence-corrected chi connectivity index (χ4v) is 2.60. The third-order valence-corrected chi connectivity index (χ3v) is 4.20. The molecule has 23 heavy (non-hydrogen) atoms. The third-order valence-electron chi connectivity index (χ3n) is 4.20. The molecule has 1 heterocycles. The molecule has 1 aromatic rings. The maximum absolute atomic E-state index is 12.4. The molecule has 1 aliphatic rings. The number of carboxylic acids is 1. The molecular weight excluding hydrogens is 296 g/mol. The van der Waals surface area contributed by atoms with Gasteiger partial charge in [0.15, 0.2) is 0 Å². The zero-order valence-corrected chi connectivity index (χ0v) is 13.7. The number of nitrogens with zero attached hydrogens (tertiary/aromatic N) is 2. The molecule has 0 radical (unpaired) electrons. The summed E-state index contributed by atoms with van der Waals surface area (Å²) in [6.45, 7) is 5.51. The van der Waals surface area contributed by atoms with Crippen molar-refractivity contribution in [2.45, 2.75) is 13.8 Å². The number of ether oxygens (including phenoxy) is 1. The normalized spacial score (nSPS) is 16.0. The van der Waals surface area contributed by atoms with Crippen LogP contribution in [-0.4, -0.2) is 55.2 Å². The number of carbonyl (C=O) groups is 2. The first-order valence-corrected chi connectivity index (χ1v) is 7.53. The van der Waals surface area contributed by atoms with Gasteiger partial charge in [-0.25, -0.2) is 4.79 Å². The number of para-hydroxylation sites is 2. The maximum Gasteiger partial charge on any atom is 0.331 e. The van der Waals surface area contributed by atoms with Gasteiger partial charge in [-0.1, -0.05) is 12.1 Å². The Hall–Kier alpha value is -2.50. The zero-order valence-electron chi connectivity index (χ0n) is 13.7. The van der Waals surface area contributed by atoms with E-state index < -0.39 is 5.97 Å². The number of hydrogen-bond acceptors (Lipinski definition) is 4. The number of hydrogen-bond donors (Lipinski definition) is 1. The Morgan fingerprint density at radius 3 is 2.22 bits per heavy atom. The second-order valence-corrected chi connectivity index (χ2v) is 5.51. The molecule has 0 bridgehead atoms. The molecule has 2 rings (SSSR count). The van der Waals surface area contributed by atoms with Crippen molar-refractivity contribution in [2.75, 3.05) is 38.2 Å². The summed E-state index contributed by atoms with van der Waals surface area (Å²) in [7, 11) is 1.64. The lowest BCUT2D eigenvalue weighted by molar-refractivity contribution is -0.134. The first-order valence-electron chi connectivity index (χ1n) is 7.53. The van der Waals surface area contributed by atoms with E-state index in [9.17, 15) is 9.59 Å². The number of methoxy groups -OCH3 is 1. The summed E-state index contributed by atoms with van der Waals surface area (Å²) >= 11 is 0. The summed E-state index contributed by atoms with van der Waals surface area (Å²) in [6, 6.07) is 7.79. The van der Waals surface area contributed by atoms with Gasteiger partial charge in [0.05, 0.1) is 12.8 Å². The number of aliphatic carboxylic acids is 1. The quantitative estimate of drug-likeness (QED) is 0.857. The molecule has 124 valence electrons. The molecule has 0 aliphatic carbocycles. The minimum Gasteiger partial charge on any atom is -0.495 e. The molecule has 0 saturated carbocycles. The van der Waals surface area contributed by atoms with Crippen molar-refractivity contribution in [3.8, 4) is 5.75 Å². The van der Waals surface area contributed by atoms with Crippen LogP contribution in [0.15, 0.2) is 35.4 Å². The summed E-state index contributed by atoms with van der Waals surface area (Å²) in [4.78, 5) is 27.2. The van der Waals surface area contributed by atoms with E-state index >= 15 is 0 Å². The summed E-state index contributed by atoms with van der Waals surface area (Å²) in [6.07, 6.45) is 0. The molecule has 6 nitrogen and oxygen atoms in total. The van der Waals surface area contributed by atoms with Crippen molar-refractivity contribution >= 4 is 17.6 Å². The number of benzene rings is 1. The number of piperazine rings is 1. The van der Waals surface area contributed by atoms with Crippen LogP contribution in [0.25, 0.3) is 0 Å². The van der Waals surface area contributed by atoms with Gasteiger partial charge in [0.2, 0.25) is 5.91 Å². The van der Waals surface area contributed by atoms with Gasteiger partial charge in [0.1, 0.15) is 5.75 Å². The number of rotatable bonds is 4. The van der Waals surface area contributed by atoms with Gasteiger partial charge in [0.25, 0.3) is 0 Å². The average molecular weight is 318 g/mol. The Balaban J connectivity index is 2.05. The zero-order chi connectivity index (χ0) is 17.0. The molecule has 0 unspecified atom stereocenters. The van der Waals surface area contributed by atoms with Crippen molar-refractivity contribution in [2.24, 2.45) is 0 Å². The Morgan fingerprint density at radius 2 is 1.65 bits per heavy atom. The minimum atomic E-state index is -1.05. The van der Waals surface area contributed by atoms with Crippen LogP contribution < -0.4 is 9.64 Å². The van der Waals surface area contributed by atoms with Crippen molar-refractivity contribution in [3.05, 3.63) is 35.4 Å². The maximum atomic E-state index is 12.4. The molecule has 1 N–H and O–H groups in total. The highest BCUT2D eigenvalue weighted by Gasteiger charge is 2.25. The van der Waals surface area contributed by atoms with Gasteiger partial charge in [0, 0.05) is 37.3 Å². The van der Waals surface area contributed by atoms with E-state index in [4.69, 9.17) is 9.84 Å². The van der Waals surface area contributed by atoms with E-state index in [2.05, 4.69) is 4.90 Å². The van der Waals surface area contributed by atoms with Gasteiger partial charge in [-0.05, 0) is 26.0 Å². The average Bonchev–Trinajstić information content (AvgIpc) is 2.59. The SMILES string of the molecule is COc1ccccc1N1CCN(C(=O)/C(C)=C(/C)C(=O)O)CC1. The molecule has 0 spiro atoms. The molecule has 1 amide bonds. The summed E-state index contributed by atoms with van der Waals surface area (Å²) in [5.74, 6) is -0.446. The first-order chi connectivity index (χ1) is 11.0. The predicted molar refractivity (Wildman–Crippen MR) is 87.8 cm³/mol. The third kappa shape index (κ3) is 3.64. The van der Waals surface area contributed by atoms with Crippen LogP contribution in [0, 0.1) is 0 Å². The molecule has 6 heteroatoms. The highest BCUT2D eigenvalue weighted by Crippen LogP contribution is 2.28. The lowest BCUT2D eigenvalue weighted by Crippen LogP contribution is -2.49. The summed E-state index contributed by atoms with van der Waals surface area (Å²) < 4.78 is 5.37. The summed E-state index contributed by atoms with van der Waals surface area (Å²) in [5, 5.41) is 9.00. The van der Waals surface area contributed by atoms with Crippen LogP contribution in [0.3, 0.4) is 0 Å². The van der Waals surface area contributed by atoms with Gasteiger partial charge in [-0.15, -0.1) is 0 Å². The van der Waals surface area contributed by atoms with Crippen LogP contribution in [0.5, 0.6) is 5.75 Å². The fourth-order valence-electron chi connectivity index (χ4n) is 2.60. The largest absolute Gasteiger partial charge is 0.495 e. The van der Waals surface area contributed by atoms with E-state index in [1.807, 2.05) is 24.3 Å². The molecule has 1 aromatic carbocycles. The summed E-state index contributed by atoms with van der Waals surface area (Å²) in [5.41, 5.74) is 1.40. The van der Waals surface area contributed by atoms with E-state index in [-0.39, 0.29) is 11.5 Å². The number of carboxylic acid groups (broad SMARTS) is 1. The molecule has 0 atom stereocenters. The highest BCUT2D eigenvalue weighted by atomic mass is 16.5. The monoisotopic (exact) mass is 318 g/mol. The number of anilines is 1. The van der Waals surface area contributed by atoms with Gasteiger partial charge >= 0.3 is 5.97 Å². The van der Waals surface area contributed by atoms with E-state index in [1.165, 1.54) is 6.92 Å². The van der Waals surface area contributed by atoms with Crippen LogP contribution in [0.1, 0.15) is 13.8 Å². The Morgan fingerprint density at radius 1 is 1.04 bits per heavy atom. The van der Waals surface area contributed by atoms with Gasteiger partial charge in [-0.3, -0.25) is 4.79 Å². The van der Waals surface area contributed by atoms with Crippen molar-refractivity contribution in [3.63, 3.8) is 0 Å². The van der Waals surface area contributed by atoms with Crippen LogP contribution in [0.4, 0.5) is 5.69 Å². The smallest absolute Gasteiger partial charge is 0.331 e. The number of carbonyl (C=O) groups excluding carboxylic acids is 1. The van der Waals surface area contributed by atoms with Crippen molar-refractivity contribution < 1.29 is 19.4 Å². The van der Waals surface area contributed by atoms with E-state index in [0.29, 0.717) is 31.8 Å². The number of amides is 1. The molecule has 0 aromatic heterocycles. The second-order valence-electron chi connectivity index (χ2n) is 5.51. The van der Waals surface area contributed by atoms with E-state index in [0.717, 1.165) is 11.4 Å². The highest BCUT2D eigenvalue weighted by molar-refractivity contribution is 6.01. The lowest BCUT2D eigenvalue weighted by Gasteiger charge is -2.36. The van der Waals surface area contributed by atoms with Gasteiger partial charge in [-0.2, -0.15) is 0 Å². The van der Waals surface area contributed by atoms with Crippen LogP contribution >= 0.6 is 0 Å². The molecule has 1 fully saturated rings. The first kappa shape index (κ1) is 16.9. The van der Waals surface area contributed by atoms with Crippen LogP contribution in [0.2, 0.25) is 0 Å². The fraction of sp³-hybridized carbons (Fsp3) is 0.412. The van der Waals surface area contributed by atoms with Gasteiger partial charge < -0.3 is 19.6 Å².